The standard InChI is InChI=1S/C27H29F3N6O9S/c1-17(2)45-26(38)43-16-44-33-36(39)34-13-19(14-34)15-42-25(37)32-46(40,41)22-10-8-21(9-11-22)35-23(12-24(31-35)27(28,29)30)20-6-4-18(3)5-7-20/h4-12,17,19H,13-16H2,1-3H3,(H,32,37). The van der Waals surface area contributed by atoms with E-state index in [0.717, 1.165) is 33.5 Å². The molecule has 2 aromatic carbocycles. The summed E-state index contributed by atoms with van der Waals surface area (Å²) < 4.78 is 82.9. The number of amides is 1. The van der Waals surface area contributed by atoms with Gasteiger partial charge in [-0.2, -0.15) is 18.3 Å². The maximum absolute atomic E-state index is 13.5. The Hall–Kier alpha value is -5.07. The van der Waals surface area contributed by atoms with Crippen LogP contribution in [0.25, 0.3) is 16.9 Å². The number of halogens is 3. The van der Waals surface area contributed by atoms with E-state index in [1.54, 1.807) is 42.8 Å². The molecule has 0 saturated carbocycles. The molecule has 1 aliphatic rings. The number of benzene rings is 2. The van der Waals surface area contributed by atoms with Gasteiger partial charge in [0.25, 0.3) is 16.8 Å². The monoisotopic (exact) mass is 670 g/mol. The van der Waals surface area contributed by atoms with Gasteiger partial charge in [-0.3, -0.25) is 0 Å². The van der Waals surface area contributed by atoms with Crippen molar-refractivity contribution in [2.24, 2.45) is 11.2 Å². The lowest BCUT2D eigenvalue weighted by molar-refractivity contribution is -0.727. The number of rotatable bonds is 11. The first-order chi connectivity index (χ1) is 21.6. The molecule has 1 aliphatic heterocycles. The Morgan fingerprint density at radius 1 is 1.11 bits per heavy atom. The molecule has 248 valence electrons. The van der Waals surface area contributed by atoms with E-state index in [4.69, 9.17) is 9.47 Å². The summed E-state index contributed by atoms with van der Waals surface area (Å²) in [5.41, 5.74) is 0.527. The first kappa shape index (κ1) is 33.8. The van der Waals surface area contributed by atoms with Crippen LogP contribution >= 0.6 is 0 Å². The summed E-state index contributed by atoms with van der Waals surface area (Å²) in [6, 6.07) is 12.4. The molecule has 1 aromatic heterocycles. The molecular formula is C27H29F3N6O9S. The molecular weight excluding hydrogens is 641 g/mol. The Kier molecular flexibility index (Phi) is 10.2. The number of aryl methyl sites for hydroxylation is 1. The lowest BCUT2D eigenvalue weighted by Gasteiger charge is -2.33. The number of ether oxygens (including phenoxy) is 3. The number of hydrogen-bond acceptors (Lipinski definition) is 11. The van der Waals surface area contributed by atoms with Crippen LogP contribution in [0, 0.1) is 18.0 Å². The van der Waals surface area contributed by atoms with Gasteiger partial charge in [-0.15, -0.1) is 5.01 Å². The summed E-state index contributed by atoms with van der Waals surface area (Å²) in [6.07, 6.45) is -7.38. The lowest BCUT2D eigenvalue weighted by atomic mass is 10.0. The molecule has 1 N–H and O–H groups in total. The second-order valence-electron chi connectivity index (χ2n) is 10.3. The number of aromatic nitrogens is 2. The molecule has 0 spiro atoms. The molecule has 2 heterocycles. The molecule has 19 heteroatoms. The van der Waals surface area contributed by atoms with E-state index in [2.05, 4.69) is 20.0 Å². The highest BCUT2D eigenvalue weighted by molar-refractivity contribution is 7.90. The van der Waals surface area contributed by atoms with Gasteiger partial charge < -0.3 is 24.3 Å². The summed E-state index contributed by atoms with van der Waals surface area (Å²) in [4.78, 5) is 27.7. The van der Waals surface area contributed by atoms with Gasteiger partial charge in [0, 0.05) is 11.5 Å². The average molecular weight is 671 g/mol. The molecule has 3 aromatic rings. The quantitative estimate of drug-likeness (QED) is 0.0757. The fourth-order valence-corrected chi connectivity index (χ4v) is 4.91. The van der Waals surface area contributed by atoms with Gasteiger partial charge in [0.1, 0.15) is 0 Å². The smallest absolute Gasteiger partial charge is 0.511 e. The van der Waals surface area contributed by atoms with Crippen LogP contribution < -0.4 is 4.72 Å². The number of carbonyl (C=O) groups excluding carboxylic acids is 2. The second-order valence-corrected chi connectivity index (χ2v) is 12.0. The van der Waals surface area contributed by atoms with Crippen LogP contribution in [0.4, 0.5) is 22.8 Å². The molecule has 1 saturated heterocycles. The number of sulfonamides is 1. The van der Waals surface area contributed by atoms with Crippen LogP contribution in [0.1, 0.15) is 25.1 Å². The maximum Gasteiger partial charge on any atom is 0.511 e. The first-order valence-corrected chi connectivity index (χ1v) is 15.0. The minimum absolute atomic E-state index is 0.0994. The SMILES string of the molecule is Cc1ccc(-c2cc(C(F)(F)F)nn2-c2ccc(S(=O)(=O)NC(=O)OCC3CN([N+]([O-])=NOCOC(=O)OC(C)C)C3)cc2)cc1. The van der Waals surface area contributed by atoms with Crippen LogP contribution in [0.5, 0.6) is 0 Å². The second kappa shape index (κ2) is 13.9. The third kappa shape index (κ3) is 8.77. The maximum atomic E-state index is 13.5. The third-order valence-electron chi connectivity index (χ3n) is 6.28. The molecule has 0 bridgehead atoms. The van der Waals surface area contributed by atoms with Gasteiger partial charge in [-0.25, -0.2) is 27.4 Å². The molecule has 1 amide bonds. The Morgan fingerprint density at radius 2 is 1.76 bits per heavy atom. The Bertz CT molecular complexity index is 1670. The van der Waals surface area contributed by atoms with Gasteiger partial charge in [0.2, 0.25) is 5.28 Å². The van der Waals surface area contributed by atoms with Gasteiger partial charge in [-0.1, -0.05) is 29.8 Å². The summed E-state index contributed by atoms with van der Waals surface area (Å²) in [7, 11) is -4.41. The first-order valence-electron chi connectivity index (χ1n) is 13.5. The number of hydrazine groups is 1. The Balaban J connectivity index is 1.29. The van der Waals surface area contributed by atoms with E-state index in [-0.39, 0.29) is 46.9 Å². The van der Waals surface area contributed by atoms with Crippen molar-refractivity contribution < 1.29 is 55.2 Å². The van der Waals surface area contributed by atoms with Crippen molar-refractivity contribution >= 4 is 22.3 Å². The molecule has 15 nitrogen and oxygen atoms in total. The topological polar surface area (TPSA) is 177 Å². The summed E-state index contributed by atoms with van der Waals surface area (Å²) in [5, 5.41) is 19.9. The van der Waals surface area contributed by atoms with Crippen molar-refractivity contribution in [3.63, 3.8) is 0 Å². The van der Waals surface area contributed by atoms with Crippen molar-refractivity contribution in [1.29, 1.82) is 0 Å². The largest absolute Gasteiger partial charge is 0.569 e. The summed E-state index contributed by atoms with van der Waals surface area (Å²) in [6.45, 7) is 4.39. The van der Waals surface area contributed by atoms with Crippen molar-refractivity contribution in [3.05, 3.63) is 71.1 Å². The van der Waals surface area contributed by atoms with E-state index in [9.17, 15) is 36.4 Å². The third-order valence-corrected chi connectivity index (χ3v) is 7.60. The van der Waals surface area contributed by atoms with Crippen LogP contribution in [-0.2, 0) is 35.2 Å². The van der Waals surface area contributed by atoms with Gasteiger partial charge in [-0.05, 0) is 51.1 Å². The molecule has 0 atom stereocenters. The minimum Gasteiger partial charge on any atom is -0.569 e. The molecule has 4 rings (SSSR count). The highest BCUT2D eigenvalue weighted by Crippen LogP contribution is 2.33. The normalized spacial score (nSPS) is 14.1. The minimum atomic E-state index is -4.71. The highest BCUT2D eigenvalue weighted by Gasteiger charge is 2.36. The summed E-state index contributed by atoms with van der Waals surface area (Å²) >= 11 is 0. The highest BCUT2D eigenvalue weighted by atomic mass is 32.2. The molecule has 46 heavy (non-hydrogen) atoms. The van der Waals surface area contributed by atoms with Crippen molar-refractivity contribution in [1.82, 2.24) is 19.5 Å². The number of alkyl halides is 3. The molecule has 1 fully saturated rings. The average Bonchev–Trinajstić information content (AvgIpc) is 3.41. The zero-order chi connectivity index (χ0) is 33.6. The van der Waals surface area contributed by atoms with Crippen LogP contribution in [0.2, 0.25) is 0 Å². The Labute approximate surface area is 260 Å². The van der Waals surface area contributed by atoms with E-state index in [0.29, 0.717) is 5.56 Å². The number of hydrogen-bond donors (Lipinski definition) is 1. The van der Waals surface area contributed by atoms with Crippen molar-refractivity contribution in [2.75, 3.05) is 26.5 Å². The molecule has 0 radical (unpaired) electrons. The van der Waals surface area contributed by atoms with Gasteiger partial charge in [0.05, 0.1) is 47.0 Å². The summed E-state index contributed by atoms with van der Waals surface area (Å²) in [5.74, 6) is -0.324. The fraction of sp³-hybridized carbons (Fsp3) is 0.370. The predicted molar refractivity (Wildman–Crippen MR) is 150 cm³/mol. The molecule has 0 unspecified atom stereocenters. The number of nitrogens with zero attached hydrogens (tertiary/aromatic N) is 5. The molecule has 0 aliphatic carbocycles. The number of nitrogens with one attached hydrogen (secondary N) is 1. The predicted octanol–water partition coefficient (Wildman–Crippen LogP) is 4.54. The lowest BCUT2D eigenvalue weighted by Crippen LogP contribution is -2.52. The van der Waals surface area contributed by atoms with Gasteiger partial charge in [0.15, 0.2) is 5.69 Å². The van der Waals surface area contributed by atoms with E-state index in [1.807, 2.05) is 6.92 Å². The van der Waals surface area contributed by atoms with E-state index >= 15 is 0 Å². The van der Waals surface area contributed by atoms with E-state index in [1.165, 1.54) is 12.1 Å². The van der Waals surface area contributed by atoms with Crippen molar-refractivity contribution in [3.8, 4) is 16.9 Å². The van der Waals surface area contributed by atoms with Crippen LogP contribution in [0.3, 0.4) is 0 Å². The zero-order valence-corrected chi connectivity index (χ0v) is 25.4. The van der Waals surface area contributed by atoms with Crippen LogP contribution in [0.15, 0.2) is 64.8 Å². The fourth-order valence-electron chi connectivity index (χ4n) is 4.02. The Morgan fingerprint density at radius 3 is 2.37 bits per heavy atom. The zero-order valence-electron chi connectivity index (χ0n) is 24.6. The number of carbonyl (C=O) groups is 2. The van der Waals surface area contributed by atoms with Crippen molar-refractivity contribution in [2.45, 2.75) is 37.9 Å². The van der Waals surface area contributed by atoms with Gasteiger partial charge >= 0.3 is 18.4 Å². The van der Waals surface area contributed by atoms with E-state index < -0.39 is 47.0 Å². The van der Waals surface area contributed by atoms with Crippen LogP contribution in [-0.4, -0.2) is 73.0 Å².